The molecule has 0 radical (unpaired) electrons. The van der Waals surface area contributed by atoms with E-state index in [2.05, 4.69) is 0 Å². The van der Waals surface area contributed by atoms with Crippen molar-refractivity contribution in [3.05, 3.63) is 35.9 Å². The summed E-state index contributed by atoms with van der Waals surface area (Å²) in [5.41, 5.74) is 5.52. The minimum absolute atomic E-state index is 0.163. The molecule has 1 aromatic rings. The van der Waals surface area contributed by atoms with Crippen molar-refractivity contribution in [1.82, 2.24) is 0 Å². The normalized spacial score (nSPS) is 9.58. The van der Waals surface area contributed by atoms with Crippen LogP contribution in [0.4, 0.5) is 18.9 Å². The summed E-state index contributed by atoms with van der Waals surface area (Å²) >= 11 is 0. The van der Waals surface area contributed by atoms with Crippen LogP contribution in [0.1, 0.15) is 5.56 Å². The van der Waals surface area contributed by atoms with Crippen LogP contribution >= 0.6 is 0 Å². The maximum atomic E-state index is 12.5. The Bertz CT molecular complexity index is 299. The van der Waals surface area contributed by atoms with Crippen molar-refractivity contribution < 1.29 is 13.2 Å². The summed E-state index contributed by atoms with van der Waals surface area (Å²) in [5.74, 6) is -1.50. The van der Waals surface area contributed by atoms with Crippen LogP contribution in [0, 0.1) is 0 Å². The molecule has 2 N–H and O–H groups in total. The summed E-state index contributed by atoms with van der Waals surface area (Å²) in [7, 11) is 0. The zero-order valence-corrected chi connectivity index (χ0v) is 6.02. The Morgan fingerprint density at radius 1 is 1.00 bits per heavy atom. The molecule has 0 heterocycles. The van der Waals surface area contributed by atoms with Gasteiger partial charge in [0, 0.05) is 11.3 Å². The summed E-state index contributed by atoms with van der Waals surface area (Å²) in [6, 6.07) is 5.11. The van der Waals surface area contributed by atoms with E-state index in [0.29, 0.717) is 5.69 Å². The fraction of sp³-hybridized carbons (Fsp3) is 0. The Morgan fingerprint density at radius 2 is 1.50 bits per heavy atom. The Kier molecular flexibility index (Phi) is 2.38. The molecule has 64 valence electrons. The molecule has 0 saturated carbocycles. The molecular weight excluding hydrogens is 167 g/mol. The van der Waals surface area contributed by atoms with E-state index in [1.54, 1.807) is 0 Å². The topological polar surface area (TPSA) is 26.0 Å². The quantitative estimate of drug-likeness (QED) is 0.649. The molecule has 0 bridgehead atoms. The average Bonchev–Trinajstić information content (AvgIpc) is 2.04. The van der Waals surface area contributed by atoms with Gasteiger partial charge >= 0.3 is 6.08 Å². The maximum Gasteiger partial charge on any atom is 0.306 e. The summed E-state index contributed by atoms with van der Waals surface area (Å²) in [6.45, 7) is 0. The van der Waals surface area contributed by atoms with Crippen LogP contribution in [0.5, 0.6) is 0 Å². The summed E-state index contributed by atoms with van der Waals surface area (Å²) in [6.07, 6.45) is -2.32. The smallest absolute Gasteiger partial charge is 0.306 e. The summed E-state index contributed by atoms with van der Waals surface area (Å²) < 4.78 is 35.9. The lowest BCUT2D eigenvalue weighted by molar-refractivity contribution is 0.410. The molecule has 0 atom stereocenters. The highest BCUT2D eigenvalue weighted by Crippen LogP contribution is 2.22. The number of halogens is 3. The molecule has 1 nitrogen and oxygen atoms in total. The molecule has 1 rings (SSSR count). The molecule has 4 heteroatoms. The van der Waals surface area contributed by atoms with E-state index in [0.717, 1.165) is 0 Å². The van der Waals surface area contributed by atoms with Crippen LogP contribution in [0.2, 0.25) is 0 Å². The first-order chi connectivity index (χ1) is 5.61. The monoisotopic (exact) mass is 173 g/mol. The molecule has 12 heavy (non-hydrogen) atoms. The molecule has 0 aliphatic heterocycles. The number of benzene rings is 1. The van der Waals surface area contributed by atoms with Gasteiger partial charge in [0.05, 0.1) is 0 Å². The van der Waals surface area contributed by atoms with Gasteiger partial charge in [-0.2, -0.15) is 8.78 Å². The van der Waals surface area contributed by atoms with E-state index < -0.39 is 11.9 Å². The van der Waals surface area contributed by atoms with Crippen LogP contribution in [0.25, 0.3) is 5.83 Å². The zero-order valence-electron chi connectivity index (χ0n) is 6.02. The van der Waals surface area contributed by atoms with Gasteiger partial charge in [0.15, 0.2) is 5.83 Å². The fourth-order valence-electron chi connectivity index (χ4n) is 0.739. The third kappa shape index (κ3) is 1.78. The maximum absolute atomic E-state index is 12.5. The van der Waals surface area contributed by atoms with Crippen molar-refractivity contribution in [1.29, 1.82) is 0 Å². The first-order valence-electron chi connectivity index (χ1n) is 3.18. The zero-order chi connectivity index (χ0) is 9.14. The van der Waals surface area contributed by atoms with Crippen molar-refractivity contribution in [2.45, 2.75) is 0 Å². The highest BCUT2D eigenvalue weighted by atomic mass is 19.3. The van der Waals surface area contributed by atoms with Crippen molar-refractivity contribution in [3.8, 4) is 0 Å². The summed E-state index contributed by atoms with van der Waals surface area (Å²) in [4.78, 5) is 0. The highest BCUT2D eigenvalue weighted by Gasteiger charge is 2.06. The molecule has 0 amide bonds. The predicted octanol–water partition coefficient (Wildman–Crippen LogP) is 2.80. The van der Waals surface area contributed by atoms with Gasteiger partial charge in [0.1, 0.15) is 0 Å². The molecule has 0 unspecified atom stereocenters. The van der Waals surface area contributed by atoms with Crippen LogP contribution in [0.15, 0.2) is 30.3 Å². The second-order valence-corrected chi connectivity index (χ2v) is 2.20. The van der Waals surface area contributed by atoms with Crippen molar-refractivity contribution in [2.75, 3.05) is 5.73 Å². The fourth-order valence-corrected chi connectivity index (χ4v) is 0.739. The molecule has 0 aromatic heterocycles. The number of rotatable bonds is 1. The van der Waals surface area contributed by atoms with Gasteiger partial charge in [-0.3, -0.25) is 0 Å². The lowest BCUT2D eigenvalue weighted by Crippen LogP contribution is -1.84. The second-order valence-electron chi connectivity index (χ2n) is 2.20. The second kappa shape index (κ2) is 3.30. The van der Waals surface area contributed by atoms with Crippen molar-refractivity contribution >= 4 is 11.5 Å². The molecule has 0 aliphatic rings. The first-order valence-corrected chi connectivity index (χ1v) is 3.18. The van der Waals surface area contributed by atoms with E-state index in [1.807, 2.05) is 0 Å². The summed E-state index contributed by atoms with van der Waals surface area (Å²) in [5, 5.41) is 0. The third-order valence-corrected chi connectivity index (χ3v) is 1.33. The van der Waals surface area contributed by atoms with Gasteiger partial charge in [-0.15, -0.1) is 0 Å². The molecule has 0 aliphatic carbocycles. The van der Waals surface area contributed by atoms with Crippen molar-refractivity contribution in [2.24, 2.45) is 0 Å². The van der Waals surface area contributed by atoms with Crippen LogP contribution in [-0.4, -0.2) is 0 Å². The van der Waals surface area contributed by atoms with Gasteiger partial charge in [-0.25, -0.2) is 4.39 Å². The average molecular weight is 173 g/mol. The molecule has 1 aromatic carbocycles. The number of hydrogen-bond acceptors (Lipinski definition) is 1. The third-order valence-electron chi connectivity index (χ3n) is 1.33. The molecule has 0 spiro atoms. The van der Waals surface area contributed by atoms with Gasteiger partial charge in [0.25, 0.3) is 0 Å². The van der Waals surface area contributed by atoms with Crippen LogP contribution in [-0.2, 0) is 0 Å². The van der Waals surface area contributed by atoms with Crippen molar-refractivity contribution in [3.63, 3.8) is 0 Å². The van der Waals surface area contributed by atoms with E-state index in [-0.39, 0.29) is 5.56 Å². The van der Waals surface area contributed by atoms with Gasteiger partial charge < -0.3 is 5.73 Å². The van der Waals surface area contributed by atoms with Crippen LogP contribution < -0.4 is 5.73 Å². The van der Waals surface area contributed by atoms with E-state index in [1.165, 1.54) is 24.3 Å². The van der Waals surface area contributed by atoms with Crippen LogP contribution in [0.3, 0.4) is 0 Å². The van der Waals surface area contributed by atoms with Gasteiger partial charge in [-0.05, 0) is 24.3 Å². The number of hydrogen-bond donors (Lipinski definition) is 1. The minimum Gasteiger partial charge on any atom is -0.399 e. The first kappa shape index (κ1) is 8.64. The minimum atomic E-state index is -2.32. The number of nitrogens with two attached hydrogens (primary N) is 1. The lowest BCUT2D eigenvalue weighted by Gasteiger charge is -1.96. The standard InChI is InChI=1S/C8H6F3N/c9-7(8(10)11)5-1-3-6(12)4-2-5/h1-4H,12H2. The molecule has 0 saturated heterocycles. The Labute approximate surface area is 67.3 Å². The Hall–Kier alpha value is -1.45. The highest BCUT2D eigenvalue weighted by molar-refractivity contribution is 5.61. The Morgan fingerprint density at radius 3 is 1.92 bits per heavy atom. The van der Waals surface area contributed by atoms with Gasteiger partial charge in [0.2, 0.25) is 0 Å². The molecule has 0 fully saturated rings. The van der Waals surface area contributed by atoms with Gasteiger partial charge in [-0.1, -0.05) is 0 Å². The van der Waals surface area contributed by atoms with E-state index in [9.17, 15) is 13.2 Å². The predicted molar refractivity (Wildman–Crippen MR) is 41.1 cm³/mol. The van der Waals surface area contributed by atoms with E-state index in [4.69, 9.17) is 5.73 Å². The number of anilines is 1. The molecular formula is C8H6F3N. The van der Waals surface area contributed by atoms with E-state index >= 15 is 0 Å². The SMILES string of the molecule is Nc1ccc(C(F)=C(F)F)cc1. The largest absolute Gasteiger partial charge is 0.399 e. The Balaban J connectivity index is 3.06. The lowest BCUT2D eigenvalue weighted by atomic mass is 10.2. The number of nitrogen functional groups attached to an aromatic ring is 1.